The first-order valence-corrected chi connectivity index (χ1v) is 8.54. The number of aryl methyl sites for hydroxylation is 1. The van der Waals surface area contributed by atoms with Crippen molar-refractivity contribution in [3.8, 4) is 0 Å². The standard InChI is InChI=1S/C19H16ClN3O/c20-11-7-8-16-14(10-11)19(18(24)23-16)17-13(5-3-9-21-19)12-4-1-2-6-15(12)22-17/h1-2,4,6-8,10,21-22H,3,5,9H2,(H,23,24)/t19-/m1/s1. The summed E-state index contributed by atoms with van der Waals surface area (Å²) in [6.07, 6.45) is 1.93. The zero-order valence-electron chi connectivity index (χ0n) is 12.9. The van der Waals surface area contributed by atoms with Gasteiger partial charge in [-0.1, -0.05) is 29.8 Å². The number of halogens is 1. The van der Waals surface area contributed by atoms with Gasteiger partial charge in [-0.25, -0.2) is 0 Å². The summed E-state index contributed by atoms with van der Waals surface area (Å²) < 4.78 is 0. The van der Waals surface area contributed by atoms with Crippen LogP contribution in [0.4, 0.5) is 5.69 Å². The molecule has 1 spiro atoms. The highest BCUT2D eigenvalue weighted by atomic mass is 35.5. The second-order valence-electron chi connectivity index (χ2n) is 6.45. The van der Waals surface area contributed by atoms with Crippen LogP contribution in [0.1, 0.15) is 23.2 Å². The van der Waals surface area contributed by atoms with Crippen molar-refractivity contribution < 1.29 is 4.79 Å². The van der Waals surface area contributed by atoms with Crippen molar-refractivity contribution in [2.75, 3.05) is 11.9 Å². The van der Waals surface area contributed by atoms with Gasteiger partial charge in [0.05, 0.1) is 5.69 Å². The molecule has 24 heavy (non-hydrogen) atoms. The molecule has 5 heteroatoms. The van der Waals surface area contributed by atoms with E-state index in [9.17, 15) is 4.79 Å². The second kappa shape index (κ2) is 4.85. The van der Waals surface area contributed by atoms with E-state index >= 15 is 0 Å². The van der Waals surface area contributed by atoms with Gasteiger partial charge >= 0.3 is 0 Å². The van der Waals surface area contributed by atoms with Gasteiger partial charge < -0.3 is 10.3 Å². The zero-order chi connectivity index (χ0) is 16.3. The maximum Gasteiger partial charge on any atom is 0.255 e. The summed E-state index contributed by atoms with van der Waals surface area (Å²) in [5.74, 6) is -0.0468. The number of hydrogen-bond donors (Lipinski definition) is 3. The van der Waals surface area contributed by atoms with Gasteiger partial charge in [-0.05, 0) is 49.2 Å². The molecule has 1 atom stereocenters. The lowest BCUT2D eigenvalue weighted by molar-refractivity contribution is -0.120. The molecule has 4 nitrogen and oxygen atoms in total. The molecular formula is C19H16ClN3O. The van der Waals surface area contributed by atoms with Gasteiger partial charge in [0, 0.05) is 27.2 Å². The second-order valence-corrected chi connectivity index (χ2v) is 6.88. The largest absolute Gasteiger partial charge is 0.356 e. The molecule has 2 aliphatic heterocycles. The van der Waals surface area contributed by atoms with Gasteiger partial charge in [-0.2, -0.15) is 0 Å². The number of hydrogen-bond acceptors (Lipinski definition) is 2. The average Bonchev–Trinajstić information content (AvgIpc) is 3.00. The van der Waals surface area contributed by atoms with Crippen LogP contribution in [0.15, 0.2) is 42.5 Å². The van der Waals surface area contributed by atoms with Crippen molar-refractivity contribution in [2.24, 2.45) is 0 Å². The van der Waals surface area contributed by atoms with E-state index in [1.807, 2.05) is 30.3 Å². The Kier molecular flexibility index (Phi) is 2.84. The molecule has 2 aliphatic rings. The van der Waals surface area contributed by atoms with Crippen LogP contribution >= 0.6 is 11.6 Å². The van der Waals surface area contributed by atoms with E-state index < -0.39 is 5.54 Å². The summed E-state index contributed by atoms with van der Waals surface area (Å²) in [7, 11) is 0. The lowest BCUT2D eigenvalue weighted by Gasteiger charge is -2.27. The molecule has 2 aromatic carbocycles. The molecule has 3 aromatic rings. The van der Waals surface area contributed by atoms with Gasteiger partial charge in [0.1, 0.15) is 0 Å². The fourth-order valence-corrected chi connectivity index (χ4v) is 4.28. The van der Waals surface area contributed by atoms with Crippen molar-refractivity contribution in [3.05, 3.63) is 64.3 Å². The topological polar surface area (TPSA) is 56.9 Å². The van der Waals surface area contributed by atoms with E-state index in [-0.39, 0.29) is 5.91 Å². The van der Waals surface area contributed by atoms with Crippen LogP contribution in [0, 0.1) is 0 Å². The molecule has 0 radical (unpaired) electrons. The van der Waals surface area contributed by atoms with Crippen molar-refractivity contribution in [3.63, 3.8) is 0 Å². The number of carbonyl (C=O) groups excluding carboxylic acids is 1. The van der Waals surface area contributed by atoms with Crippen molar-refractivity contribution in [1.29, 1.82) is 0 Å². The number of nitrogens with one attached hydrogen (secondary N) is 3. The average molecular weight is 338 g/mol. The predicted octanol–water partition coefficient (Wildman–Crippen LogP) is 3.55. The summed E-state index contributed by atoms with van der Waals surface area (Å²) >= 11 is 6.24. The highest BCUT2D eigenvalue weighted by molar-refractivity contribution is 6.31. The number of para-hydroxylation sites is 1. The molecule has 0 bridgehead atoms. The zero-order valence-corrected chi connectivity index (χ0v) is 13.7. The molecule has 0 saturated heterocycles. The lowest BCUT2D eigenvalue weighted by atomic mass is 9.85. The van der Waals surface area contributed by atoms with E-state index in [4.69, 9.17) is 11.6 Å². The number of amides is 1. The monoisotopic (exact) mass is 337 g/mol. The van der Waals surface area contributed by atoms with Crippen molar-refractivity contribution in [1.82, 2.24) is 10.3 Å². The fraction of sp³-hybridized carbons (Fsp3) is 0.211. The lowest BCUT2D eigenvalue weighted by Crippen LogP contribution is -2.49. The van der Waals surface area contributed by atoms with Gasteiger partial charge in [-0.15, -0.1) is 0 Å². The smallest absolute Gasteiger partial charge is 0.255 e. The van der Waals surface area contributed by atoms with Crippen LogP contribution in [0.3, 0.4) is 0 Å². The van der Waals surface area contributed by atoms with Gasteiger partial charge in [0.25, 0.3) is 5.91 Å². The Hall–Kier alpha value is -2.30. The number of benzene rings is 2. The number of carbonyl (C=O) groups is 1. The SMILES string of the molecule is O=C1Nc2ccc(Cl)cc2[C@]12NCCCc1c2[nH]c2ccccc12. The van der Waals surface area contributed by atoms with E-state index in [0.717, 1.165) is 41.8 Å². The number of anilines is 1. The molecule has 3 N–H and O–H groups in total. The van der Waals surface area contributed by atoms with Crippen molar-refractivity contribution >= 4 is 34.1 Å². The van der Waals surface area contributed by atoms with Crippen LogP contribution in [-0.4, -0.2) is 17.4 Å². The molecule has 0 fully saturated rings. The Morgan fingerprint density at radius 1 is 1.12 bits per heavy atom. The highest BCUT2D eigenvalue weighted by Gasteiger charge is 2.51. The van der Waals surface area contributed by atoms with Crippen LogP contribution in [-0.2, 0) is 16.8 Å². The number of fused-ring (bicyclic) bond motifs is 6. The summed E-state index contributed by atoms with van der Waals surface area (Å²) in [5.41, 5.74) is 4.05. The Balaban J connectivity index is 1.87. The Morgan fingerprint density at radius 3 is 2.92 bits per heavy atom. The predicted molar refractivity (Wildman–Crippen MR) is 95.5 cm³/mol. The Bertz CT molecular complexity index is 993. The maximum absolute atomic E-state index is 13.1. The quantitative estimate of drug-likeness (QED) is 0.587. The fourth-order valence-electron chi connectivity index (χ4n) is 4.11. The summed E-state index contributed by atoms with van der Waals surface area (Å²) in [4.78, 5) is 16.6. The van der Waals surface area contributed by atoms with Crippen LogP contribution in [0.25, 0.3) is 10.9 Å². The third-order valence-electron chi connectivity index (χ3n) is 5.16. The van der Waals surface area contributed by atoms with Crippen LogP contribution in [0.2, 0.25) is 5.02 Å². The normalized spacial score (nSPS) is 22.3. The summed E-state index contributed by atoms with van der Waals surface area (Å²) in [6.45, 7) is 0.774. The van der Waals surface area contributed by atoms with Crippen LogP contribution < -0.4 is 10.6 Å². The van der Waals surface area contributed by atoms with E-state index in [1.54, 1.807) is 0 Å². The summed E-state index contributed by atoms with van der Waals surface area (Å²) in [5, 5.41) is 8.35. The van der Waals surface area contributed by atoms with Crippen LogP contribution in [0.5, 0.6) is 0 Å². The first-order chi connectivity index (χ1) is 11.7. The van der Waals surface area contributed by atoms with Gasteiger partial charge in [-0.3, -0.25) is 10.1 Å². The highest BCUT2D eigenvalue weighted by Crippen LogP contribution is 2.45. The molecule has 3 heterocycles. The number of aromatic nitrogens is 1. The minimum Gasteiger partial charge on any atom is -0.356 e. The van der Waals surface area contributed by atoms with Gasteiger partial charge in [0.15, 0.2) is 5.54 Å². The Labute approximate surface area is 144 Å². The maximum atomic E-state index is 13.1. The molecule has 0 saturated carbocycles. The Morgan fingerprint density at radius 2 is 2.00 bits per heavy atom. The third-order valence-corrected chi connectivity index (χ3v) is 5.39. The first kappa shape index (κ1) is 14.1. The van der Waals surface area contributed by atoms with Crippen molar-refractivity contribution in [2.45, 2.75) is 18.4 Å². The van der Waals surface area contributed by atoms with Gasteiger partial charge in [0.2, 0.25) is 0 Å². The number of H-pyrrole nitrogens is 1. The minimum atomic E-state index is -0.898. The minimum absolute atomic E-state index is 0.0468. The van der Waals surface area contributed by atoms with E-state index in [2.05, 4.69) is 27.8 Å². The molecule has 1 amide bonds. The molecule has 1 aromatic heterocycles. The summed E-state index contributed by atoms with van der Waals surface area (Å²) in [6, 6.07) is 13.8. The first-order valence-electron chi connectivity index (χ1n) is 8.17. The molecule has 0 aliphatic carbocycles. The van der Waals surface area contributed by atoms with E-state index in [1.165, 1.54) is 10.9 Å². The molecular weight excluding hydrogens is 322 g/mol. The molecule has 0 unspecified atom stereocenters. The molecule has 120 valence electrons. The third kappa shape index (κ3) is 1.70. The molecule has 5 rings (SSSR count). The number of rotatable bonds is 0. The number of aromatic amines is 1. The van der Waals surface area contributed by atoms with E-state index in [0.29, 0.717) is 5.02 Å².